The van der Waals surface area contributed by atoms with E-state index in [1.54, 1.807) is 20.3 Å². The van der Waals surface area contributed by atoms with Gasteiger partial charge in [-0.15, -0.1) is 0 Å². The van der Waals surface area contributed by atoms with E-state index in [9.17, 15) is 9.59 Å². The highest BCUT2D eigenvalue weighted by molar-refractivity contribution is 5.93. The Hall–Kier alpha value is -2.50. The second-order valence-electron chi connectivity index (χ2n) is 3.90. The average molecular weight is 279 g/mol. The Labute approximate surface area is 117 Å². The van der Waals surface area contributed by atoms with Gasteiger partial charge in [0.05, 0.1) is 14.2 Å². The number of hydrogen-bond acceptors (Lipinski definition) is 4. The highest BCUT2D eigenvalue weighted by atomic mass is 16.5. The van der Waals surface area contributed by atoms with E-state index in [2.05, 4.69) is 5.32 Å². The number of carboxylic acids is 1. The van der Waals surface area contributed by atoms with Gasteiger partial charge >= 0.3 is 5.97 Å². The van der Waals surface area contributed by atoms with E-state index in [0.717, 1.165) is 17.7 Å². The van der Waals surface area contributed by atoms with Gasteiger partial charge in [-0.05, 0) is 24.1 Å². The minimum absolute atomic E-state index is 0.401. The van der Waals surface area contributed by atoms with E-state index in [1.807, 2.05) is 12.1 Å². The van der Waals surface area contributed by atoms with Gasteiger partial charge in [0, 0.05) is 18.7 Å². The zero-order valence-corrected chi connectivity index (χ0v) is 11.4. The fourth-order valence-electron chi connectivity index (χ4n) is 1.57. The first-order valence-corrected chi connectivity index (χ1v) is 5.96. The van der Waals surface area contributed by atoms with Gasteiger partial charge in [-0.2, -0.15) is 0 Å². The molecule has 20 heavy (non-hydrogen) atoms. The van der Waals surface area contributed by atoms with Crippen LogP contribution in [0, 0.1) is 0 Å². The molecule has 0 aliphatic carbocycles. The molecule has 0 saturated heterocycles. The van der Waals surface area contributed by atoms with Crippen molar-refractivity contribution in [2.24, 2.45) is 0 Å². The summed E-state index contributed by atoms with van der Waals surface area (Å²) in [4.78, 5) is 21.5. The number of carboxylic acid groups (broad SMARTS) is 1. The van der Waals surface area contributed by atoms with E-state index in [1.165, 1.54) is 0 Å². The summed E-state index contributed by atoms with van der Waals surface area (Å²) in [6, 6.07) is 5.50. The third-order valence-corrected chi connectivity index (χ3v) is 2.54. The third-order valence-electron chi connectivity index (χ3n) is 2.54. The summed E-state index contributed by atoms with van der Waals surface area (Å²) in [5.41, 5.74) is 0.977. The molecule has 0 aromatic heterocycles. The molecule has 1 aromatic carbocycles. The Morgan fingerprint density at radius 1 is 1.20 bits per heavy atom. The molecule has 1 aromatic rings. The molecule has 0 atom stereocenters. The summed E-state index contributed by atoms with van der Waals surface area (Å²) < 4.78 is 10.3. The highest BCUT2D eigenvalue weighted by Crippen LogP contribution is 2.27. The lowest BCUT2D eigenvalue weighted by Crippen LogP contribution is -2.23. The Bertz CT molecular complexity index is 510. The number of aliphatic carboxylic acids is 1. The summed E-state index contributed by atoms with van der Waals surface area (Å²) in [5.74, 6) is -0.320. The molecule has 1 amide bonds. The first-order chi connectivity index (χ1) is 9.56. The van der Waals surface area contributed by atoms with Crippen molar-refractivity contribution in [2.75, 3.05) is 20.8 Å². The standard InChI is InChI=1S/C14H17NO5/c1-19-11-4-3-10(9-12(11)20-2)7-8-15-13(16)5-6-14(17)18/h3-6,9H,7-8H2,1-2H3,(H,15,16)(H,17,18). The van der Waals surface area contributed by atoms with Crippen LogP contribution in [0.3, 0.4) is 0 Å². The maximum absolute atomic E-state index is 11.3. The van der Waals surface area contributed by atoms with E-state index < -0.39 is 11.9 Å². The van der Waals surface area contributed by atoms with Crippen LogP contribution < -0.4 is 14.8 Å². The smallest absolute Gasteiger partial charge is 0.328 e. The molecule has 0 aliphatic rings. The lowest BCUT2D eigenvalue weighted by molar-refractivity contribution is -0.131. The van der Waals surface area contributed by atoms with Crippen LogP contribution in [-0.4, -0.2) is 37.7 Å². The van der Waals surface area contributed by atoms with Crippen LogP contribution >= 0.6 is 0 Å². The summed E-state index contributed by atoms with van der Waals surface area (Å²) in [7, 11) is 3.12. The van der Waals surface area contributed by atoms with Gasteiger partial charge in [-0.3, -0.25) is 4.79 Å². The van der Waals surface area contributed by atoms with Crippen LogP contribution in [0.25, 0.3) is 0 Å². The number of hydrogen-bond donors (Lipinski definition) is 2. The van der Waals surface area contributed by atoms with E-state index in [-0.39, 0.29) is 0 Å². The van der Waals surface area contributed by atoms with Crippen molar-refractivity contribution in [2.45, 2.75) is 6.42 Å². The Balaban J connectivity index is 2.50. The highest BCUT2D eigenvalue weighted by Gasteiger charge is 2.04. The molecule has 0 aliphatic heterocycles. The molecular formula is C14H17NO5. The van der Waals surface area contributed by atoms with Crippen LogP contribution in [0.1, 0.15) is 5.56 Å². The second-order valence-corrected chi connectivity index (χ2v) is 3.90. The Morgan fingerprint density at radius 2 is 1.90 bits per heavy atom. The molecule has 0 unspecified atom stereocenters. The Kier molecular flexibility index (Phi) is 6.09. The molecule has 2 N–H and O–H groups in total. The van der Waals surface area contributed by atoms with Crippen LogP contribution in [0.4, 0.5) is 0 Å². The predicted molar refractivity (Wildman–Crippen MR) is 73.0 cm³/mol. The minimum atomic E-state index is -1.15. The fourth-order valence-corrected chi connectivity index (χ4v) is 1.57. The first-order valence-electron chi connectivity index (χ1n) is 5.96. The zero-order valence-electron chi connectivity index (χ0n) is 11.4. The van der Waals surface area contributed by atoms with Crippen molar-refractivity contribution in [3.8, 4) is 11.5 Å². The normalized spacial score (nSPS) is 10.3. The number of nitrogens with one attached hydrogen (secondary N) is 1. The molecule has 0 fully saturated rings. The van der Waals surface area contributed by atoms with E-state index in [4.69, 9.17) is 14.6 Å². The minimum Gasteiger partial charge on any atom is -0.493 e. The van der Waals surface area contributed by atoms with Gasteiger partial charge in [-0.25, -0.2) is 4.79 Å². The largest absolute Gasteiger partial charge is 0.493 e. The fraction of sp³-hybridized carbons (Fsp3) is 0.286. The molecule has 108 valence electrons. The SMILES string of the molecule is COc1ccc(CCNC(=O)C=CC(=O)O)cc1OC. The monoisotopic (exact) mass is 279 g/mol. The maximum Gasteiger partial charge on any atom is 0.328 e. The van der Waals surface area contributed by atoms with E-state index in [0.29, 0.717) is 24.5 Å². The lowest BCUT2D eigenvalue weighted by Gasteiger charge is -2.09. The van der Waals surface area contributed by atoms with Gasteiger partial charge in [-0.1, -0.05) is 6.07 Å². The topological polar surface area (TPSA) is 84.9 Å². The predicted octanol–water partition coefficient (Wildman–Crippen LogP) is 1.00. The summed E-state index contributed by atoms with van der Waals surface area (Å²) in [5, 5.41) is 11.0. The molecule has 0 radical (unpaired) electrons. The zero-order chi connectivity index (χ0) is 15.0. The number of amides is 1. The number of carbonyl (C=O) groups is 2. The maximum atomic E-state index is 11.3. The number of benzene rings is 1. The van der Waals surface area contributed by atoms with Gasteiger partial charge in [0.2, 0.25) is 5.91 Å². The molecule has 6 heteroatoms. The lowest BCUT2D eigenvalue weighted by atomic mass is 10.1. The van der Waals surface area contributed by atoms with Crippen molar-refractivity contribution >= 4 is 11.9 Å². The average Bonchev–Trinajstić information content (AvgIpc) is 2.44. The van der Waals surface area contributed by atoms with E-state index >= 15 is 0 Å². The Morgan fingerprint density at radius 3 is 2.50 bits per heavy atom. The van der Waals surface area contributed by atoms with Crippen molar-refractivity contribution in [3.63, 3.8) is 0 Å². The quantitative estimate of drug-likeness (QED) is 0.727. The number of carbonyl (C=O) groups excluding carboxylic acids is 1. The molecule has 6 nitrogen and oxygen atoms in total. The number of ether oxygens (including phenoxy) is 2. The van der Waals surface area contributed by atoms with Gasteiger partial charge in [0.25, 0.3) is 0 Å². The van der Waals surface area contributed by atoms with Crippen molar-refractivity contribution in [3.05, 3.63) is 35.9 Å². The van der Waals surface area contributed by atoms with Crippen molar-refractivity contribution < 1.29 is 24.2 Å². The van der Waals surface area contributed by atoms with Crippen molar-refractivity contribution in [1.29, 1.82) is 0 Å². The molecule has 1 rings (SSSR count). The second kappa shape index (κ2) is 7.83. The molecule has 0 spiro atoms. The van der Waals surface area contributed by atoms with Gasteiger partial charge < -0.3 is 19.9 Å². The van der Waals surface area contributed by atoms with Crippen LogP contribution in [0.2, 0.25) is 0 Å². The first kappa shape index (κ1) is 15.6. The van der Waals surface area contributed by atoms with Crippen LogP contribution in [0.15, 0.2) is 30.4 Å². The molecule has 0 bridgehead atoms. The summed E-state index contributed by atoms with van der Waals surface area (Å²) in [6.45, 7) is 0.401. The molecular weight excluding hydrogens is 262 g/mol. The summed E-state index contributed by atoms with van der Waals surface area (Å²) >= 11 is 0. The van der Waals surface area contributed by atoms with Crippen molar-refractivity contribution in [1.82, 2.24) is 5.32 Å². The molecule has 0 heterocycles. The van der Waals surface area contributed by atoms with Crippen LogP contribution in [-0.2, 0) is 16.0 Å². The summed E-state index contributed by atoms with van der Waals surface area (Å²) in [6.07, 6.45) is 2.38. The molecule has 0 saturated carbocycles. The van der Waals surface area contributed by atoms with Crippen LogP contribution in [0.5, 0.6) is 11.5 Å². The van der Waals surface area contributed by atoms with Gasteiger partial charge in [0.15, 0.2) is 11.5 Å². The number of rotatable bonds is 7. The number of methoxy groups -OCH3 is 2. The third kappa shape index (κ3) is 5.01. The van der Waals surface area contributed by atoms with Gasteiger partial charge in [0.1, 0.15) is 0 Å².